The van der Waals surface area contributed by atoms with Gasteiger partial charge in [-0.2, -0.15) is 0 Å². The van der Waals surface area contributed by atoms with E-state index in [0.29, 0.717) is 5.75 Å². The largest absolute Gasteiger partial charge is 0.507 e. The summed E-state index contributed by atoms with van der Waals surface area (Å²) >= 11 is 3.56. The Labute approximate surface area is 130 Å². The van der Waals surface area contributed by atoms with Crippen LogP contribution in [0.5, 0.6) is 5.75 Å². The molecule has 0 aromatic heterocycles. The van der Waals surface area contributed by atoms with Gasteiger partial charge in [-0.05, 0) is 30.0 Å². The number of hydrogen-bond donors (Lipinski definition) is 2. The molecule has 0 bridgehead atoms. The molecule has 0 radical (unpaired) electrons. The van der Waals surface area contributed by atoms with Crippen molar-refractivity contribution in [3.8, 4) is 5.75 Å². The lowest BCUT2D eigenvalue weighted by Crippen LogP contribution is -2.48. The topological polar surface area (TPSA) is 35.5 Å². The molecule has 112 valence electrons. The standard InChI is InChI=1S/C16H25BrN2O/c1-11-9-12(17)10-13(14(11)20)15(16(2,3)4)19-7-5-18-6-8-19/h9-10,15,18,20H,5-8H2,1-4H3/t15-/m0/s1. The average molecular weight is 341 g/mol. The fourth-order valence-electron chi connectivity index (χ4n) is 3.12. The highest BCUT2D eigenvalue weighted by atomic mass is 79.9. The summed E-state index contributed by atoms with van der Waals surface area (Å²) in [5.41, 5.74) is 2.03. The average Bonchev–Trinajstić information content (AvgIpc) is 2.35. The number of piperazine rings is 1. The molecule has 20 heavy (non-hydrogen) atoms. The van der Waals surface area contributed by atoms with E-state index in [4.69, 9.17) is 0 Å². The van der Waals surface area contributed by atoms with Crippen LogP contribution >= 0.6 is 15.9 Å². The van der Waals surface area contributed by atoms with Crippen molar-refractivity contribution in [1.82, 2.24) is 10.2 Å². The van der Waals surface area contributed by atoms with Crippen molar-refractivity contribution in [1.29, 1.82) is 0 Å². The first-order valence-corrected chi connectivity index (χ1v) is 8.04. The van der Waals surface area contributed by atoms with Gasteiger partial charge in [0.2, 0.25) is 0 Å². The predicted molar refractivity (Wildman–Crippen MR) is 87.2 cm³/mol. The SMILES string of the molecule is Cc1cc(Br)cc([C@H](N2CCNCC2)C(C)(C)C)c1O. The number of rotatable bonds is 2. The Balaban J connectivity index is 2.46. The van der Waals surface area contributed by atoms with Crippen LogP contribution < -0.4 is 5.32 Å². The first kappa shape index (κ1) is 15.8. The summed E-state index contributed by atoms with van der Waals surface area (Å²) in [6, 6.07) is 4.26. The Morgan fingerprint density at radius 3 is 2.40 bits per heavy atom. The van der Waals surface area contributed by atoms with Gasteiger partial charge in [-0.3, -0.25) is 4.90 Å². The highest BCUT2D eigenvalue weighted by Crippen LogP contribution is 2.43. The molecule has 1 heterocycles. The van der Waals surface area contributed by atoms with Gasteiger partial charge < -0.3 is 10.4 Å². The molecule has 1 atom stereocenters. The van der Waals surface area contributed by atoms with Crippen LogP contribution in [0.3, 0.4) is 0 Å². The van der Waals surface area contributed by atoms with E-state index in [1.165, 1.54) is 0 Å². The Morgan fingerprint density at radius 1 is 1.25 bits per heavy atom. The fraction of sp³-hybridized carbons (Fsp3) is 0.625. The summed E-state index contributed by atoms with van der Waals surface area (Å²) in [6.45, 7) is 12.8. The van der Waals surface area contributed by atoms with Crippen LogP contribution in [0.15, 0.2) is 16.6 Å². The number of nitrogens with one attached hydrogen (secondary N) is 1. The van der Waals surface area contributed by atoms with Gasteiger partial charge >= 0.3 is 0 Å². The molecule has 1 aromatic carbocycles. The molecule has 1 fully saturated rings. The van der Waals surface area contributed by atoms with Crippen molar-refractivity contribution in [2.45, 2.75) is 33.7 Å². The maximum Gasteiger partial charge on any atom is 0.123 e. The van der Waals surface area contributed by atoms with Gasteiger partial charge in [-0.25, -0.2) is 0 Å². The van der Waals surface area contributed by atoms with E-state index in [1.54, 1.807) is 0 Å². The predicted octanol–water partition coefficient (Wildman–Crippen LogP) is 3.46. The van der Waals surface area contributed by atoms with Crippen molar-refractivity contribution < 1.29 is 5.11 Å². The summed E-state index contributed by atoms with van der Waals surface area (Å²) in [5.74, 6) is 0.437. The minimum Gasteiger partial charge on any atom is -0.507 e. The van der Waals surface area contributed by atoms with Gasteiger partial charge in [0.15, 0.2) is 0 Å². The van der Waals surface area contributed by atoms with Crippen LogP contribution in [-0.4, -0.2) is 36.2 Å². The lowest BCUT2D eigenvalue weighted by molar-refractivity contribution is 0.0841. The van der Waals surface area contributed by atoms with Crippen molar-refractivity contribution in [2.24, 2.45) is 5.41 Å². The number of halogens is 1. The summed E-state index contributed by atoms with van der Waals surface area (Å²) in [5, 5.41) is 13.9. The van der Waals surface area contributed by atoms with E-state index in [2.05, 4.69) is 53.0 Å². The van der Waals surface area contributed by atoms with Crippen LogP contribution in [0.2, 0.25) is 0 Å². The first-order valence-electron chi connectivity index (χ1n) is 7.24. The van der Waals surface area contributed by atoms with Crippen molar-refractivity contribution in [2.75, 3.05) is 26.2 Å². The highest BCUT2D eigenvalue weighted by molar-refractivity contribution is 9.10. The van der Waals surface area contributed by atoms with Crippen LogP contribution in [0, 0.1) is 12.3 Å². The number of benzene rings is 1. The number of aromatic hydroxyl groups is 1. The molecular formula is C16H25BrN2O. The van der Waals surface area contributed by atoms with E-state index in [-0.39, 0.29) is 11.5 Å². The molecule has 0 unspecified atom stereocenters. The van der Waals surface area contributed by atoms with Crippen molar-refractivity contribution in [3.05, 3.63) is 27.7 Å². The summed E-state index contributed by atoms with van der Waals surface area (Å²) in [6.07, 6.45) is 0. The lowest BCUT2D eigenvalue weighted by atomic mass is 9.80. The van der Waals surface area contributed by atoms with E-state index >= 15 is 0 Å². The maximum atomic E-state index is 10.5. The second kappa shape index (κ2) is 6.04. The van der Waals surface area contributed by atoms with Gasteiger partial charge in [0, 0.05) is 42.3 Å². The number of hydrogen-bond acceptors (Lipinski definition) is 3. The Bertz CT molecular complexity index is 476. The monoisotopic (exact) mass is 340 g/mol. The summed E-state index contributed by atoms with van der Waals surface area (Å²) in [4.78, 5) is 2.48. The lowest BCUT2D eigenvalue weighted by Gasteiger charge is -2.43. The zero-order valence-corrected chi connectivity index (χ0v) is 14.4. The van der Waals surface area contributed by atoms with Crippen LogP contribution in [0.25, 0.3) is 0 Å². The molecule has 3 nitrogen and oxygen atoms in total. The van der Waals surface area contributed by atoms with E-state index in [0.717, 1.165) is 41.8 Å². The molecule has 2 N–H and O–H groups in total. The quantitative estimate of drug-likeness (QED) is 0.865. The molecule has 4 heteroatoms. The molecule has 1 aliphatic heterocycles. The van der Waals surface area contributed by atoms with Crippen LogP contribution in [-0.2, 0) is 0 Å². The molecule has 1 aromatic rings. The molecular weight excluding hydrogens is 316 g/mol. The second-order valence-electron chi connectivity index (χ2n) is 6.72. The van der Waals surface area contributed by atoms with Gasteiger partial charge in [0.25, 0.3) is 0 Å². The Morgan fingerprint density at radius 2 is 1.85 bits per heavy atom. The third kappa shape index (κ3) is 3.35. The molecule has 1 aliphatic rings. The van der Waals surface area contributed by atoms with E-state index in [1.807, 2.05) is 13.0 Å². The molecule has 0 saturated carbocycles. The minimum absolute atomic E-state index is 0.0715. The molecule has 0 amide bonds. The number of aryl methyl sites for hydroxylation is 1. The molecule has 0 aliphatic carbocycles. The van der Waals surface area contributed by atoms with Crippen molar-refractivity contribution >= 4 is 15.9 Å². The molecule has 2 rings (SSSR count). The van der Waals surface area contributed by atoms with Crippen LogP contribution in [0.1, 0.15) is 37.9 Å². The molecule has 0 spiro atoms. The van der Waals surface area contributed by atoms with E-state index in [9.17, 15) is 5.11 Å². The Hall–Kier alpha value is -0.580. The first-order chi connectivity index (χ1) is 9.30. The number of phenolic OH excluding ortho intramolecular Hbond substituents is 1. The highest BCUT2D eigenvalue weighted by Gasteiger charge is 2.34. The van der Waals surface area contributed by atoms with Gasteiger partial charge in [-0.15, -0.1) is 0 Å². The molecule has 1 saturated heterocycles. The number of nitrogens with zero attached hydrogens (tertiary/aromatic N) is 1. The van der Waals surface area contributed by atoms with Crippen LogP contribution in [0.4, 0.5) is 0 Å². The van der Waals surface area contributed by atoms with Gasteiger partial charge in [-0.1, -0.05) is 36.7 Å². The third-order valence-electron chi connectivity index (χ3n) is 3.93. The summed E-state index contributed by atoms with van der Waals surface area (Å²) in [7, 11) is 0. The summed E-state index contributed by atoms with van der Waals surface area (Å²) < 4.78 is 1.03. The zero-order valence-electron chi connectivity index (χ0n) is 12.8. The van der Waals surface area contributed by atoms with Gasteiger partial charge in [0.05, 0.1) is 0 Å². The third-order valence-corrected chi connectivity index (χ3v) is 4.38. The smallest absolute Gasteiger partial charge is 0.123 e. The van der Waals surface area contributed by atoms with E-state index < -0.39 is 0 Å². The minimum atomic E-state index is 0.0715. The maximum absolute atomic E-state index is 10.5. The fourth-order valence-corrected chi connectivity index (χ4v) is 3.71. The zero-order chi connectivity index (χ0) is 14.9. The van der Waals surface area contributed by atoms with Gasteiger partial charge in [0.1, 0.15) is 5.75 Å². The number of phenols is 1. The Kier molecular flexibility index (Phi) is 4.77. The second-order valence-corrected chi connectivity index (χ2v) is 7.63. The normalized spacial score (nSPS) is 19.1. The van der Waals surface area contributed by atoms with Crippen molar-refractivity contribution in [3.63, 3.8) is 0 Å².